The van der Waals surface area contributed by atoms with E-state index >= 15 is 0 Å². The van der Waals surface area contributed by atoms with E-state index in [0.717, 1.165) is 22.4 Å². The average molecular weight is 348 g/mol. The van der Waals surface area contributed by atoms with E-state index in [0.29, 0.717) is 10.6 Å². The van der Waals surface area contributed by atoms with Gasteiger partial charge in [0, 0.05) is 24.0 Å². The molecule has 2 atom stereocenters. The molecule has 0 spiro atoms. The first kappa shape index (κ1) is 15.6. The third-order valence-electron chi connectivity index (χ3n) is 4.43. The number of benzene rings is 1. The van der Waals surface area contributed by atoms with Crippen molar-refractivity contribution in [1.29, 1.82) is 5.26 Å². The van der Waals surface area contributed by atoms with E-state index in [9.17, 15) is 10.1 Å². The third kappa shape index (κ3) is 3.06. The van der Waals surface area contributed by atoms with Crippen LogP contribution in [0.15, 0.2) is 48.8 Å². The number of nitriles is 1. The third-order valence-corrected chi connectivity index (χ3v) is 5.53. The first-order valence-electron chi connectivity index (χ1n) is 8.04. The van der Waals surface area contributed by atoms with Crippen molar-refractivity contribution in [2.45, 2.75) is 12.3 Å². The van der Waals surface area contributed by atoms with E-state index in [1.165, 1.54) is 11.3 Å². The Labute approximate surface area is 149 Å². The molecule has 6 heteroatoms. The molecule has 2 heterocycles. The van der Waals surface area contributed by atoms with Gasteiger partial charge in [0.1, 0.15) is 11.1 Å². The molecule has 0 radical (unpaired) electrons. The summed E-state index contributed by atoms with van der Waals surface area (Å²) in [5.74, 6) is 0.164. The van der Waals surface area contributed by atoms with Crippen molar-refractivity contribution in [2.75, 3.05) is 5.32 Å². The summed E-state index contributed by atoms with van der Waals surface area (Å²) in [6.07, 6.45) is 4.60. The largest absolute Gasteiger partial charge is 0.316 e. The summed E-state index contributed by atoms with van der Waals surface area (Å²) < 4.78 is 1.75. The first-order valence-corrected chi connectivity index (χ1v) is 8.86. The Morgan fingerprint density at radius 1 is 1.40 bits per heavy atom. The second-order valence-corrected chi connectivity index (χ2v) is 7.27. The molecule has 1 fully saturated rings. The summed E-state index contributed by atoms with van der Waals surface area (Å²) >= 11 is 1.44. The van der Waals surface area contributed by atoms with Crippen molar-refractivity contribution in [2.24, 2.45) is 13.0 Å². The number of hydrogen-bond acceptors (Lipinski definition) is 4. The zero-order valence-electron chi connectivity index (χ0n) is 13.6. The topological polar surface area (TPSA) is 70.7 Å². The number of nitrogens with one attached hydrogen (secondary N) is 1. The van der Waals surface area contributed by atoms with Crippen LogP contribution >= 0.6 is 11.3 Å². The fourth-order valence-electron chi connectivity index (χ4n) is 3.00. The SMILES string of the molecule is Cn1cc([C@@H]2C[C@H]2C(=O)Nc2sc(-c3ccccc3)cc2C#N)cn1. The highest BCUT2D eigenvalue weighted by molar-refractivity contribution is 7.19. The number of amides is 1. The molecule has 1 saturated carbocycles. The highest BCUT2D eigenvalue weighted by atomic mass is 32.1. The zero-order chi connectivity index (χ0) is 17.4. The predicted octanol–water partition coefficient (Wildman–Crippen LogP) is 3.76. The lowest BCUT2D eigenvalue weighted by atomic mass is 10.1. The Bertz CT molecular complexity index is 967. The number of hydrogen-bond donors (Lipinski definition) is 1. The van der Waals surface area contributed by atoms with Gasteiger partial charge in [0.2, 0.25) is 5.91 Å². The van der Waals surface area contributed by atoms with Gasteiger partial charge in [-0.2, -0.15) is 10.4 Å². The van der Waals surface area contributed by atoms with E-state index < -0.39 is 0 Å². The number of aromatic nitrogens is 2. The number of nitrogens with zero attached hydrogens (tertiary/aromatic N) is 3. The normalized spacial score (nSPS) is 18.6. The monoisotopic (exact) mass is 348 g/mol. The Hall–Kier alpha value is -2.91. The van der Waals surface area contributed by atoms with E-state index in [2.05, 4.69) is 16.5 Å². The Morgan fingerprint density at radius 3 is 2.88 bits per heavy atom. The number of rotatable bonds is 4. The number of aryl methyl sites for hydroxylation is 1. The van der Waals surface area contributed by atoms with E-state index in [4.69, 9.17) is 0 Å². The minimum absolute atomic E-state index is 0.0215. The van der Waals surface area contributed by atoms with Crippen molar-refractivity contribution < 1.29 is 4.79 Å². The van der Waals surface area contributed by atoms with Crippen LogP contribution in [-0.2, 0) is 11.8 Å². The van der Waals surface area contributed by atoms with Crippen molar-refractivity contribution >= 4 is 22.2 Å². The standard InChI is InChI=1S/C19H16N4OS/c1-23-11-14(10-21-23)15-8-16(15)18(24)22-19-13(9-20)7-17(25-19)12-5-3-2-4-6-12/h2-7,10-11,15-16H,8H2,1H3,(H,22,24)/t15-,16+/m0/s1. The molecule has 124 valence electrons. The van der Waals surface area contributed by atoms with Crippen LogP contribution in [0.4, 0.5) is 5.00 Å². The molecule has 1 amide bonds. The van der Waals surface area contributed by atoms with E-state index in [1.54, 1.807) is 4.68 Å². The van der Waals surface area contributed by atoms with Gasteiger partial charge < -0.3 is 5.32 Å². The summed E-state index contributed by atoms with van der Waals surface area (Å²) in [4.78, 5) is 13.5. The number of carbonyl (C=O) groups is 1. The minimum Gasteiger partial charge on any atom is -0.316 e. The van der Waals surface area contributed by atoms with Crippen LogP contribution in [-0.4, -0.2) is 15.7 Å². The summed E-state index contributed by atoms with van der Waals surface area (Å²) in [6.45, 7) is 0. The van der Waals surface area contributed by atoms with Crippen LogP contribution in [0, 0.1) is 17.2 Å². The Kier molecular flexibility index (Phi) is 3.86. The van der Waals surface area contributed by atoms with E-state index in [-0.39, 0.29) is 17.7 Å². The minimum atomic E-state index is -0.0435. The Morgan fingerprint density at radius 2 is 2.20 bits per heavy atom. The van der Waals surface area contributed by atoms with Crippen molar-refractivity contribution in [1.82, 2.24) is 9.78 Å². The van der Waals surface area contributed by atoms with Crippen molar-refractivity contribution in [3.05, 3.63) is 59.9 Å². The molecule has 1 aromatic carbocycles. The van der Waals surface area contributed by atoms with Crippen LogP contribution in [0.5, 0.6) is 0 Å². The molecule has 0 aliphatic heterocycles. The van der Waals surface area contributed by atoms with Gasteiger partial charge in [0.05, 0.1) is 11.8 Å². The quantitative estimate of drug-likeness (QED) is 0.780. The Balaban J connectivity index is 1.50. The molecule has 0 bridgehead atoms. The average Bonchev–Trinajstić information content (AvgIpc) is 3.15. The molecule has 1 N–H and O–H groups in total. The second kappa shape index (κ2) is 6.19. The van der Waals surface area contributed by atoms with Crippen LogP contribution < -0.4 is 5.32 Å². The molecule has 5 nitrogen and oxygen atoms in total. The zero-order valence-corrected chi connectivity index (χ0v) is 14.5. The lowest BCUT2D eigenvalue weighted by Gasteiger charge is -2.02. The van der Waals surface area contributed by atoms with Gasteiger partial charge in [-0.1, -0.05) is 30.3 Å². The number of carbonyl (C=O) groups excluding carboxylic acids is 1. The van der Waals surface area contributed by atoms with Gasteiger partial charge in [0.15, 0.2) is 0 Å². The molecular weight excluding hydrogens is 332 g/mol. The van der Waals surface area contributed by atoms with Crippen LogP contribution in [0.25, 0.3) is 10.4 Å². The maximum atomic E-state index is 12.5. The second-order valence-electron chi connectivity index (χ2n) is 6.22. The predicted molar refractivity (Wildman–Crippen MR) is 97.2 cm³/mol. The van der Waals surface area contributed by atoms with Gasteiger partial charge in [-0.05, 0) is 29.5 Å². The maximum absolute atomic E-state index is 12.5. The molecule has 1 aliphatic carbocycles. The van der Waals surface area contributed by atoms with Crippen LogP contribution in [0.1, 0.15) is 23.5 Å². The smallest absolute Gasteiger partial charge is 0.228 e. The van der Waals surface area contributed by atoms with Crippen molar-refractivity contribution in [3.8, 4) is 16.5 Å². The van der Waals surface area contributed by atoms with Gasteiger partial charge >= 0.3 is 0 Å². The summed E-state index contributed by atoms with van der Waals surface area (Å²) in [7, 11) is 1.87. The fourth-order valence-corrected chi connectivity index (χ4v) is 4.02. The van der Waals surface area contributed by atoms with Gasteiger partial charge in [-0.3, -0.25) is 9.48 Å². The number of anilines is 1. The lowest BCUT2D eigenvalue weighted by Crippen LogP contribution is -2.14. The molecule has 0 unspecified atom stereocenters. The lowest BCUT2D eigenvalue weighted by molar-refractivity contribution is -0.117. The van der Waals surface area contributed by atoms with Gasteiger partial charge in [-0.15, -0.1) is 11.3 Å². The molecule has 2 aromatic heterocycles. The fraction of sp³-hybridized carbons (Fsp3) is 0.211. The molecule has 3 aromatic rings. The van der Waals surface area contributed by atoms with Gasteiger partial charge in [-0.25, -0.2) is 0 Å². The van der Waals surface area contributed by atoms with Crippen LogP contribution in [0.3, 0.4) is 0 Å². The highest BCUT2D eigenvalue weighted by Gasteiger charge is 2.44. The van der Waals surface area contributed by atoms with E-state index in [1.807, 2.05) is 55.8 Å². The molecule has 25 heavy (non-hydrogen) atoms. The maximum Gasteiger partial charge on any atom is 0.228 e. The molecule has 1 aliphatic rings. The molecule has 0 saturated heterocycles. The van der Waals surface area contributed by atoms with Crippen molar-refractivity contribution in [3.63, 3.8) is 0 Å². The van der Waals surface area contributed by atoms with Gasteiger partial charge in [0.25, 0.3) is 0 Å². The first-order chi connectivity index (χ1) is 12.2. The molecule has 4 rings (SSSR count). The van der Waals surface area contributed by atoms with Crippen LogP contribution in [0.2, 0.25) is 0 Å². The highest BCUT2D eigenvalue weighted by Crippen LogP contribution is 2.48. The number of thiophene rings is 1. The summed E-state index contributed by atoms with van der Waals surface area (Å²) in [5.41, 5.74) is 2.65. The summed E-state index contributed by atoms with van der Waals surface area (Å²) in [5, 5.41) is 17.1. The molecular formula is C19H16N4OS. The summed E-state index contributed by atoms with van der Waals surface area (Å²) in [6, 6.07) is 13.9.